The highest BCUT2D eigenvalue weighted by molar-refractivity contribution is 6.44. The lowest BCUT2D eigenvalue weighted by Gasteiger charge is -2.14. The summed E-state index contributed by atoms with van der Waals surface area (Å²) >= 11 is 18.3. The molecule has 29 heavy (non-hydrogen) atoms. The molecule has 2 rings (SSSR count). The third-order valence-corrected chi connectivity index (χ3v) is 5.13. The molecule has 0 fully saturated rings. The number of hydrogen-bond acceptors (Lipinski definition) is 5. The maximum atomic E-state index is 12.5. The third-order valence-electron chi connectivity index (χ3n) is 4.11. The Morgan fingerprint density at radius 2 is 1.86 bits per heavy atom. The molecule has 6 nitrogen and oxygen atoms in total. The van der Waals surface area contributed by atoms with E-state index in [9.17, 15) is 10.1 Å². The molecule has 0 aliphatic carbocycles. The molecule has 0 bridgehead atoms. The van der Waals surface area contributed by atoms with Gasteiger partial charge >= 0.3 is 0 Å². The van der Waals surface area contributed by atoms with Gasteiger partial charge in [0.1, 0.15) is 6.07 Å². The van der Waals surface area contributed by atoms with Crippen LogP contribution in [0.4, 0.5) is 5.88 Å². The van der Waals surface area contributed by atoms with Crippen LogP contribution >= 0.6 is 47.2 Å². The Hall–Kier alpha value is -1.49. The summed E-state index contributed by atoms with van der Waals surface area (Å²) in [6.45, 7) is 0.983. The van der Waals surface area contributed by atoms with Gasteiger partial charge in [-0.05, 0) is 45.6 Å². The fourth-order valence-corrected chi connectivity index (χ4v) is 3.28. The predicted octanol–water partition coefficient (Wildman–Crippen LogP) is 5.68. The van der Waals surface area contributed by atoms with Gasteiger partial charge in [-0.2, -0.15) is 10.2 Å². The van der Waals surface area contributed by atoms with Crippen molar-refractivity contribution in [2.45, 2.75) is 25.7 Å². The summed E-state index contributed by atoms with van der Waals surface area (Å²) in [5.74, 6) is -0.00573. The zero-order valence-corrected chi connectivity index (χ0v) is 19.4. The van der Waals surface area contributed by atoms with Crippen molar-refractivity contribution in [1.82, 2.24) is 9.88 Å². The number of amides is 1. The number of carbonyl (C=O) groups excluding carboxylic acids is 1. The maximum Gasteiger partial charge on any atom is 0.241 e. The molecule has 1 amide bonds. The summed E-state index contributed by atoms with van der Waals surface area (Å²) in [6, 6.07) is 4.98. The minimum Gasteiger partial charge on any atom is -0.419 e. The maximum absolute atomic E-state index is 12.5. The van der Waals surface area contributed by atoms with Crippen LogP contribution in [0.5, 0.6) is 0 Å². The van der Waals surface area contributed by atoms with Crippen LogP contribution in [0, 0.1) is 11.3 Å². The van der Waals surface area contributed by atoms with Gasteiger partial charge in [0.2, 0.25) is 23.4 Å². The van der Waals surface area contributed by atoms with Crippen molar-refractivity contribution in [2.75, 3.05) is 32.6 Å². The molecule has 0 N–H and O–H groups in total. The van der Waals surface area contributed by atoms with E-state index in [1.54, 1.807) is 13.1 Å². The normalized spacial score (nSPS) is 10.6. The number of oxazole rings is 1. The lowest BCUT2D eigenvalue weighted by Crippen LogP contribution is -2.26. The van der Waals surface area contributed by atoms with Gasteiger partial charge in [-0.25, -0.2) is 0 Å². The smallest absolute Gasteiger partial charge is 0.241 e. The highest BCUT2D eigenvalue weighted by Gasteiger charge is 2.24. The number of aromatic nitrogens is 1. The second-order valence-electron chi connectivity index (χ2n) is 6.60. The lowest BCUT2D eigenvalue weighted by molar-refractivity contribution is -0.118. The van der Waals surface area contributed by atoms with Crippen LogP contribution < -0.4 is 4.90 Å². The van der Waals surface area contributed by atoms with Crippen LogP contribution in [0.15, 0.2) is 16.5 Å². The summed E-state index contributed by atoms with van der Waals surface area (Å²) in [6.07, 6.45) is 3.08. The van der Waals surface area contributed by atoms with E-state index in [2.05, 4.69) is 9.88 Å². The molecule has 0 radical (unpaired) electrons. The van der Waals surface area contributed by atoms with E-state index in [-0.39, 0.29) is 45.8 Å². The first-order valence-electron chi connectivity index (χ1n) is 8.71. The van der Waals surface area contributed by atoms with E-state index in [0.717, 1.165) is 25.8 Å². The number of rotatable bonds is 8. The first kappa shape index (κ1) is 25.5. The fraction of sp³-hybridized carbons (Fsp3) is 0.421. The Morgan fingerprint density at radius 3 is 2.48 bits per heavy atom. The van der Waals surface area contributed by atoms with Gasteiger partial charge in [-0.3, -0.25) is 9.69 Å². The first-order valence-corrected chi connectivity index (χ1v) is 9.85. The van der Waals surface area contributed by atoms with E-state index in [1.165, 1.54) is 11.0 Å². The molecule has 0 unspecified atom stereocenters. The molecule has 1 heterocycles. The van der Waals surface area contributed by atoms with Crippen LogP contribution in [-0.2, 0) is 4.79 Å². The van der Waals surface area contributed by atoms with E-state index >= 15 is 0 Å². The number of anilines is 1. The zero-order chi connectivity index (χ0) is 20.8. The molecule has 0 atom stereocenters. The lowest BCUT2D eigenvalue weighted by atomic mass is 10.2. The first-order chi connectivity index (χ1) is 13.2. The van der Waals surface area contributed by atoms with Gasteiger partial charge in [-0.1, -0.05) is 41.2 Å². The van der Waals surface area contributed by atoms with Crippen LogP contribution in [0.1, 0.15) is 31.4 Å². The summed E-state index contributed by atoms with van der Waals surface area (Å²) in [5.41, 5.74) is 0.345. The Labute approximate surface area is 191 Å². The van der Waals surface area contributed by atoms with Crippen molar-refractivity contribution >= 4 is 59.0 Å². The summed E-state index contributed by atoms with van der Waals surface area (Å²) < 4.78 is 5.69. The Bertz CT molecular complexity index is 893. The molecule has 2 aromatic rings. The molecular formula is C19H22Cl4N4O2. The van der Waals surface area contributed by atoms with Gasteiger partial charge in [0, 0.05) is 18.5 Å². The Balaban J connectivity index is 0.00000420. The van der Waals surface area contributed by atoms with Gasteiger partial charge in [0.25, 0.3) is 0 Å². The van der Waals surface area contributed by atoms with E-state index < -0.39 is 0 Å². The topological polar surface area (TPSA) is 73.4 Å². The van der Waals surface area contributed by atoms with Crippen molar-refractivity contribution in [3.8, 4) is 17.5 Å². The van der Waals surface area contributed by atoms with Gasteiger partial charge < -0.3 is 9.32 Å². The van der Waals surface area contributed by atoms with Crippen LogP contribution in [-0.4, -0.2) is 43.5 Å². The average molecular weight is 480 g/mol. The van der Waals surface area contributed by atoms with Crippen molar-refractivity contribution < 1.29 is 9.21 Å². The summed E-state index contributed by atoms with van der Waals surface area (Å²) in [5, 5.41) is 10.2. The molecular weight excluding hydrogens is 458 g/mol. The van der Waals surface area contributed by atoms with Crippen molar-refractivity contribution in [1.29, 1.82) is 5.26 Å². The monoisotopic (exact) mass is 478 g/mol. The van der Waals surface area contributed by atoms with Crippen LogP contribution in [0.25, 0.3) is 11.5 Å². The minimum absolute atomic E-state index is 0. The largest absolute Gasteiger partial charge is 0.419 e. The third kappa shape index (κ3) is 6.77. The van der Waals surface area contributed by atoms with E-state index in [0.29, 0.717) is 17.0 Å². The van der Waals surface area contributed by atoms with Crippen molar-refractivity contribution in [3.05, 3.63) is 32.9 Å². The van der Waals surface area contributed by atoms with Crippen molar-refractivity contribution in [3.63, 3.8) is 0 Å². The standard InChI is InChI=1S/C19H21Cl3N4O2.ClH/c1-25(2)8-6-4-5-7-16(27)26(3)19-15(11-23)24-18(28-19)13-9-12(20)10-14(21)17(13)22;/h9-10H,4-8H2,1-3H3;1H. The second-order valence-corrected chi connectivity index (χ2v) is 7.82. The molecule has 0 saturated heterocycles. The Morgan fingerprint density at radius 1 is 1.17 bits per heavy atom. The number of nitrogens with zero attached hydrogens (tertiary/aromatic N) is 4. The van der Waals surface area contributed by atoms with E-state index in [1.807, 2.05) is 20.2 Å². The molecule has 0 saturated carbocycles. The second kappa shape index (κ2) is 11.6. The zero-order valence-electron chi connectivity index (χ0n) is 16.3. The van der Waals surface area contributed by atoms with Gasteiger partial charge in [0.05, 0.1) is 15.6 Å². The molecule has 1 aromatic heterocycles. The number of halogens is 4. The number of benzene rings is 1. The number of unbranched alkanes of at least 4 members (excludes halogenated alkanes) is 2. The summed E-state index contributed by atoms with van der Waals surface area (Å²) in [4.78, 5) is 20.0. The number of carbonyl (C=O) groups is 1. The molecule has 158 valence electrons. The minimum atomic E-state index is -0.153. The SMILES string of the molecule is CN(C)CCCCCC(=O)N(C)c1oc(-c2cc(Cl)cc(Cl)c2Cl)nc1C#N.Cl. The predicted molar refractivity (Wildman–Crippen MR) is 119 cm³/mol. The highest BCUT2D eigenvalue weighted by atomic mass is 35.5. The van der Waals surface area contributed by atoms with E-state index in [4.69, 9.17) is 39.2 Å². The van der Waals surface area contributed by atoms with Crippen molar-refractivity contribution in [2.24, 2.45) is 0 Å². The molecule has 1 aromatic carbocycles. The van der Waals surface area contributed by atoms with Gasteiger partial charge in [0.15, 0.2) is 0 Å². The molecule has 0 spiro atoms. The quantitative estimate of drug-likeness (QED) is 0.359. The van der Waals surface area contributed by atoms with Crippen LogP contribution in [0.2, 0.25) is 15.1 Å². The average Bonchev–Trinajstić information content (AvgIpc) is 3.07. The van der Waals surface area contributed by atoms with Crippen LogP contribution in [0.3, 0.4) is 0 Å². The van der Waals surface area contributed by atoms with Gasteiger partial charge in [-0.15, -0.1) is 12.4 Å². The fourth-order valence-electron chi connectivity index (χ4n) is 2.60. The highest BCUT2D eigenvalue weighted by Crippen LogP contribution is 2.38. The molecule has 10 heteroatoms. The summed E-state index contributed by atoms with van der Waals surface area (Å²) in [7, 11) is 5.59. The molecule has 0 aliphatic rings. The number of hydrogen-bond donors (Lipinski definition) is 0. The Kier molecular flexibility index (Phi) is 10.2. The number of nitriles is 1. The molecule has 0 aliphatic heterocycles.